The first-order chi connectivity index (χ1) is 9.20. The van der Waals surface area contributed by atoms with Gasteiger partial charge in [0.25, 0.3) is 5.91 Å². The van der Waals surface area contributed by atoms with Gasteiger partial charge in [-0.1, -0.05) is 0 Å². The number of amides is 1. The van der Waals surface area contributed by atoms with Gasteiger partial charge < -0.3 is 15.4 Å². The van der Waals surface area contributed by atoms with Crippen LogP contribution in [0.1, 0.15) is 33.6 Å². The van der Waals surface area contributed by atoms with Crippen molar-refractivity contribution in [1.29, 1.82) is 0 Å². The van der Waals surface area contributed by atoms with Crippen LogP contribution in [0.4, 0.5) is 0 Å². The molecule has 1 fully saturated rings. The number of carbonyl (C=O) groups excluding carboxylic acids is 2. The molecule has 0 bridgehead atoms. The van der Waals surface area contributed by atoms with Crippen LogP contribution in [0, 0.1) is 0 Å². The van der Waals surface area contributed by atoms with E-state index in [1.165, 1.54) is 7.11 Å². The predicted molar refractivity (Wildman–Crippen MR) is 71.1 cm³/mol. The Morgan fingerprint density at radius 3 is 2.32 bits per heavy atom. The van der Waals surface area contributed by atoms with Crippen LogP contribution < -0.4 is 10.6 Å². The number of piperidine rings is 1. The molecule has 1 aromatic rings. The lowest BCUT2D eigenvalue weighted by Crippen LogP contribution is -2.42. The molecule has 5 nitrogen and oxygen atoms in total. The van der Waals surface area contributed by atoms with E-state index in [9.17, 15) is 9.59 Å². The summed E-state index contributed by atoms with van der Waals surface area (Å²) in [7, 11) is 1.33. The van der Waals surface area contributed by atoms with Gasteiger partial charge >= 0.3 is 5.97 Å². The second-order valence-electron chi connectivity index (χ2n) is 4.57. The molecule has 1 aliphatic heterocycles. The summed E-state index contributed by atoms with van der Waals surface area (Å²) in [6, 6.07) is 6.71. The minimum Gasteiger partial charge on any atom is -0.465 e. The minimum absolute atomic E-state index is 0.0942. The summed E-state index contributed by atoms with van der Waals surface area (Å²) in [6.07, 6.45) is 1.90. The van der Waals surface area contributed by atoms with Crippen molar-refractivity contribution in [3.8, 4) is 0 Å². The highest BCUT2D eigenvalue weighted by atomic mass is 16.5. The zero-order valence-electron chi connectivity index (χ0n) is 10.9. The smallest absolute Gasteiger partial charge is 0.337 e. The lowest BCUT2D eigenvalue weighted by molar-refractivity contribution is 0.0600. The molecule has 0 atom stereocenters. The van der Waals surface area contributed by atoms with E-state index >= 15 is 0 Å². The largest absolute Gasteiger partial charge is 0.465 e. The number of hydrogen-bond acceptors (Lipinski definition) is 4. The third kappa shape index (κ3) is 3.54. The summed E-state index contributed by atoms with van der Waals surface area (Å²) in [5, 5.41) is 6.25. The van der Waals surface area contributed by atoms with Gasteiger partial charge in [0.1, 0.15) is 0 Å². The SMILES string of the molecule is COC(=O)c1ccc(C(=O)NC2CCNCC2)cc1. The fourth-order valence-corrected chi connectivity index (χ4v) is 2.11. The van der Waals surface area contributed by atoms with Gasteiger partial charge in [0.2, 0.25) is 0 Å². The molecule has 1 saturated heterocycles. The lowest BCUT2D eigenvalue weighted by atomic mass is 10.1. The van der Waals surface area contributed by atoms with E-state index in [4.69, 9.17) is 0 Å². The Balaban J connectivity index is 1.97. The second-order valence-corrected chi connectivity index (χ2v) is 4.57. The number of benzene rings is 1. The van der Waals surface area contributed by atoms with Crippen molar-refractivity contribution in [3.05, 3.63) is 35.4 Å². The lowest BCUT2D eigenvalue weighted by Gasteiger charge is -2.23. The summed E-state index contributed by atoms with van der Waals surface area (Å²) in [6.45, 7) is 1.87. The van der Waals surface area contributed by atoms with E-state index < -0.39 is 5.97 Å². The first kappa shape index (κ1) is 13.5. The number of ether oxygens (including phenoxy) is 1. The molecule has 0 aliphatic carbocycles. The molecule has 1 aliphatic rings. The van der Waals surface area contributed by atoms with Crippen molar-refractivity contribution >= 4 is 11.9 Å². The van der Waals surface area contributed by atoms with Crippen molar-refractivity contribution in [2.75, 3.05) is 20.2 Å². The molecule has 102 valence electrons. The quantitative estimate of drug-likeness (QED) is 0.796. The molecule has 2 N–H and O–H groups in total. The van der Waals surface area contributed by atoms with Gasteiger partial charge in [-0.25, -0.2) is 4.79 Å². The molecule has 19 heavy (non-hydrogen) atoms. The van der Waals surface area contributed by atoms with Gasteiger partial charge in [-0.15, -0.1) is 0 Å². The highest BCUT2D eigenvalue weighted by Gasteiger charge is 2.16. The van der Waals surface area contributed by atoms with E-state index in [0.717, 1.165) is 25.9 Å². The summed E-state index contributed by atoms with van der Waals surface area (Å²) in [5.41, 5.74) is 1.01. The van der Waals surface area contributed by atoms with Crippen LogP contribution in [0.2, 0.25) is 0 Å². The van der Waals surface area contributed by atoms with E-state index in [0.29, 0.717) is 11.1 Å². The molecule has 0 aromatic heterocycles. The molecule has 1 amide bonds. The number of carbonyl (C=O) groups is 2. The predicted octanol–water partition coefficient (Wildman–Crippen LogP) is 0.955. The van der Waals surface area contributed by atoms with Gasteiger partial charge in [-0.05, 0) is 50.2 Å². The Labute approximate surface area is 112 Å². The van der Waals surface area contributed by atoms with Crippen LogP contribution in [-0.4, -0.2) is 38.1 Å². The Hall–Kier alpha value is -1.88. The maximum absolute atomic E-state index is 12.0. The monoisotopic (exact) mass is 262 g/mol. The fourth-order valence-electron chi connectivity index (χ4n) is 2.11. The third-order valence-electron chi connectivity index (χ3n) is 3.24. The van der Waals surface area contributed by atoms with Crippen LogP contribution in [0.3, 0.4) is 0 Å². The highest BCUT2D eigenvalue weighted by molar-refractivity contribution is 5.96. The van der Waals surface area contributed by atoms with Crippen LogP contribution >= 0.6 is 0 Å². The zero-order valence-corrected chi connectivity index (χ0v) is 10.9. The van der Waals surface area contributed by atoms with Crippen molar-refractivity contribution in [1.82, 2.24) is 10.6 Å². The number of rotatable bonds is 3. The average molecular weight is 262 g/mol. The van der Waals surface area contributed by atoms with Gasteiger partial charge in [0.15, 0.2) is 0 Å². The molecule has 0 saturated carbocycles. The van der Waals surface area contributed by atoms with Gasteiger partial charge in [0.05, 0.1) is 12.7 Å². The summed E-state index contributed by atoms with van der Waals surface area (Å²) in [5.74, 6) is -0.492. The van der Waals surface area contributed by atoms with Gasteiger partial charge in [-0.3, -0.25) is 4.79 Å². The maximum Gasteiger partial charge on any atom is 0.337 e. The van der Waals surface area contributed by atoms with Crippen molar-refractivity contribution in [2.24, 2.45) is 0 Å². The van der Waals surface area contributed by atoms with E-state index in [1.807, 2.05) is 0 Å². The molecular weight excluding hydrogens is 244 g/mol. The van der Waals surface area contributed by atoms with E-state index in [2.05, 4.69) is 15.4 Å². The Bertz CT molecular complexity index is 450. The van der Waals surface area contributed by atoms with Crippen LogP contribution in [0.15, 0.2) is 24.3 Å². The number of esters is 1. The van der Waals surface area contributed by atoms with Gasteiger partial charge in [0, 0.05) is 11.6 Å². The number of hydrogen-bond donors (Lipinski definition) is 2. The standard InChI is InChI=1S/C14H18N2O3/c1-19-14(18)11-4-2-10(3-5-11)13(17)16-12-6-8-15-9-7-12/h2-5,12,15H,6-9H2,1H3,(H,16,17). The van der Waals surface area contributed by atoms with E-state index in [-0.39, 0.29) is 11.9 Å². The molecule has 5 heteroatoms. The van der Waals surface area contributed by atoms with Crippen molar-refractivity contribution < 1.29 is 14.3 Å². The molecule has 0 spiro atoms. The van der Waals surface area contributed by atoms with Crippen LogP contribution in [-0.2, 0) is 4.74 Å². The topological polar surface area (TPSA) is 67.4 Å². The average Bonchev–Trinajstić information content (AvgIpc) is 2.47. The first-order valence-corrected chi connectivity index (χ1v) is 6.40. The molecule has 2 rings (SSSR count). The molecule has 0 radical (unpaired) electrons. The van der Waals surface area contributed by atoms with E-state index in [1.54, 1.807) is 24.3 Å². The zero-order chi connectivity index (χ0) is 13.7. The van der Waals surface area contributed by atoms with Crippen molar-refractivity contribution in [3.63, 3.8) is 0 Å². The minimum atomic E-state index is -0.398. The Morgan fingerprint density at radius 1 is 1.16 bits per heavy atom. The van der Waals surface area contributed by atoms with Crippen LogP contribution in [0.5, 0.6) is 0 Å². The maximum atomic E-state index is 12.0. The molecule has 1 aromatic carbocycles. The second kappa shape index (κ2) is 6.33. The Kier molecular flexibility index (Phi) is 4.52. The molecular formula is C14H18N2O3. The normalized spacial score (nSPS) is 15.8. The molecule has 0 unspecified atom stereocenters. The fraction of sp³-hybridized carbons (Fsp3) is 0.429. The van der Waals surface area contributed by atoms with Crippen LogP contribution in [0.25, 0.3) is 0 Å². The Morgan fingerprint density at radius 2 is 1.74 bits per heavy atom. The van der Waals surface area contributed by atoms with Crippen molar-refractivity contribution in [2.45, 2.75) is 18.9 Å². The summed E-state index contributed by atoms with van der Waals surface area (Å²) < 4.78 is 4.61. The third-order valence-corrected chi connectivity index (χ3v) is 3.24. The number of nitrogens with one attached hydrogen (secondary N) is 2. The van der Waals surface area contributed by atoms with Gasteiger partial charge in [-0.2, -0.15) is 0 Å². The molecule has 1 heterocycles. The first-order valence-electron chi connectivity index (χ1n) is 6.40. The number of methoxy groups -OCH3 is 1. The summed E-state index contributed by atoms with van der Waals surface area (Å²) >= 11 is 0. The highest BCUT2D eigenvalue weighted by Crippen LogP contribution is 2.08. The summed E-state index contributed by atoms with van der Waals surface area (Å²) in [4.78, 5) is 23.3.